The first-order valence-electron chi connectivity index (χ1n) is 10.1. The van der Waals surface area contributed by atoms with Crippen molar-refractivity contribution in [2.24, 2.45) is 0 Å². The zero-order chi connectivity index (χ0) is 21.5. The van der Waals surface area contributed by atoms with Crippen molar-refractivity contribution in [2.45, 2.75) is 20.4 Å². The number of carbonyl (C=O) groups is 1. The van der Waals surface area contributed by atoms with E-state index >= 15 is 0 Å². The lowest BCUT2D eigenvalue weighted by Crippen LogP contribution is -2.46. The van der Waals surface area contributed by atoms with Gasteiger partial charge in [-0.3, -0.25) is 4.79 Å². The first-order chi connectivity index (χ1) is 14.6. The molecule has 4 rings (SSSR count). The van der Waals surface area contributed by atoms with Crippen LogP contribution in [-0.2, 0) is 11.3 Å². The zero-order valence-electron chi connectivity index (χ0n) is 17.2. The van der Waals surface area contributed by atoms with Gasteiger partial charge in [0.1, 0.15) is 0 Å². The van der Waals surface area contributed by atoms with Gasteiger partial charge in [0, 0.05) is 47.5 Å². The Balaban J connectivity index is 0.00000124. The van der Waals surface area contributed by atoms with Crippen LogP contribution in [0.25, 0.3) is 16.6 Å². The summed E-state index contributed by atoms with van der Waals surface area (Å²) in [5, 5.41) is 3.98. The summed E-state index contributed by atoms with van der Waals surface area (Å²) in [7, 11) is 0. The molecule has 0 unspecified atom stereocenters. The number of rotatable bonds is 3. The summed E-state index contributed by atoms with van der Waals surface area (Å²) in [5.74, 6) is 0. The summed E-state index contributed by atoms with van der Waals surface area (Å²) in [6.45, 7) is 6.32. The Hall–Kier alpha value is -2.83. The number of urea groups is 1. The maximum atomic E-state index is 13.0. The number of para-hydroxylation sites is 1. The Kier molecular flexibility index (Phi) is 7.49. The smallest absolute Gasteiger partial charge is 0.317 e. The summed E-state index contributed by atoms with van der Waals surface area (Å²) >= 11 is 6.17. The van der Waals surface area contributed by atoms with Crippen molar-refractivity contribution in [1.29, 1.82) is 0 Å². The highest BCUT2D eigenvalue weighted by Crippen LogP contribution is 2.21. The number of nitrogens with zero attached hydrogens (tertiary/aromatic N) is 2. The molecule has 3 aromatic rings. The van der Waals surface area contributed by atoms with Gasteiger partial charge in [0.05, 0.1) is 18.7 Å². The maximum Gasteiger partial charge on any atom is 0.317 e. The Morgan fingerprint density at radius 2 is 1.80 bits per heavy atom. The van der Waals surface area contributed by atoms with Gasteiger partial charge in [-0.25, -0.2) is 4.79 Å². The number of morpholine rings is 1. The first kappa shape index (κ1) is 21.9. The second kappa shape index (κ2) is 10.3. The molecule has 1 aliphatic heterocycles. The Labute approximate surface area is 181 Å². The zero-order valence-corrected chi connectivity index (χ0v) is 18.0. The molecule has 1 saturated heterocycles. The van der Waals surface area contributed by atoms with E-state index in [2.05, 4.69) is 5.32 Å². The van der Waals surface area contributed by atoms with Crippen LogP contribution in [0.5, 0.6) is 0 Å². The van der Waals surface area contributed by atoms with Crippen molar-refractivity contribution >= 4 is 28.5 Å². The summed E-state index contributed by atoms with van der Waals surface area (Å²) in [5.41, 5.74) is 2.05. The van der Waals surface area contributed by atoms with Crippen LogP contribution < -0.4 is 10.7 Å². The van der Waals surface area contributed by atoms with Crippen LogP contribution in [0.1, 0.15) is 19.4 Å². The molecule has 1 fully saturated rings. The van der Waals surface area contributed by atoms with Crippen molar-refractivity contribution < 1.29 is 9.53 Å². The fraction of sp³-hybridized carbons (Fsp3) is 0.304. The highest BCUT2D eigenvalue weighted by molar-refractivity contribution is 6.31. The third-order valence-electron chi connectivity index (χ3n) is 4.80. The molecule has 0 bridgehead atoms. The lowest BCUT2D eigenvalue weighted by atomic mass is 10.1. The van der Waals surface area contributed by atoms with Crippen LogP contribution >= 0.6 is 11.6 Å². The third kappa shape index (κ3) is 4.83. The quantitative estimate of drug-likeness (QED) is 0.680. The number of pyridine rings is 1. The highest BCUT2D eigenvalue weighted by Gasteiger charge is 2.17. The first-order valence-corrected chi connectivity index (χ1v) is 10.5. The van der Waals surface area contributed by atoms with Crippen LogP contribution in [-0.4, -0.2) is 41.8 Å². The van der Waals surface area contributed by atoms with E-state index in [0.717, 1.165) is 11.2 Å². The molecule has 7 heteroatoms. The van der Waals surface area contributed by atoms with Gasteiger partial charge in [0.2, 0.25) is 0 Å². The minimum atomic E-state index is -0.190. The number of hydrogen-bond donors (Lipinski definition) is 1. The van der Waals surface area contributed by atoms with Crippen molar-refractivity contribution in [3.05, 3.63) is 75.5 Å². The van der Waals surface area contributed by atoms with Crippen molar-refractivity contribution in [3.8, 4) is 5.69 Å². The molecule has 2 amide bonds. The van der Waals surface area contributed by atoms with Gasteiger partial charge in [0.15, 0.2) is 5.43 Å². The molecule has 158 valence electrons. The maximum absolute atomic E-state index is 13.0. The average molecular weight is 428 g/mol. The Morgan fingerprint density at radius 3 is 2.50 bits per heavy atom. The number of aromatic nitrogens is 1. The number of fused-ring (bicyclic) bond motifs is 1. The van der Waals surface area contributed by atoms with E-state index in [4.69, 9.17) is 16.3 Å². The number of carbonyl (C=O) groups excluding carboxylic acids is 1. The van der Waals surface area contributed by atoms with Gasteiger partial charge < -0.3 is 19.5 Å². The van der Waals surface area contributed by atoms with Crippen molar-refractivity contribution in [2.75, 3.05) is 26.3 Å². The van der Waals surface area contributed by atoms with Crippen LogP contribution in [0.3, 0.4) is 0 Å². The van der Waals surface area contributed by atoms with Crippen LogP contribution in [0.15, 0.2) is 59.5 Å². The number of benzene rings is 2. The fourth-order valence-electron chi connectivity index (χ4n) is 3.33. The number of nitrogens with one attached hydrogen (secondary N) is 1. The minimum absolute atomic E-state index is 0.110. The molecule has 6 nitrogen and oxygen atoms in total. The monoisotopic (exact) mass is 427 g/mol. The summed E-state index contributed by atoms with van der Waals surface area (Å²) in [6.07, 6.45) is 1.77. The van der Waals surface area contributed by atoms with Gasteiger partial charge in [-0.1, -0.05) is 43.6 Å². The average Bonchev–Trinajstić information content (AvgIpc) is 2.81. The number of hydrogen-bond acceptors (Lipinski definition) is 3. The lowest BCUT2D eigenvalue weighted by molar-refractivity contribution is 0.0531. The topological polar surface area (TPSA) is 63.6 Å². The van der Waals surface area contributed by atoms with Crippen LogP contribution in [0.4, 0.5) is 4.79 Å². The van der Waals surface area contributed by atoms with Gasteiger partial charge in [-0.2, -0.15) is 0 Å². The molecule has 0 spiro atoms. The molecule has 2 heterocycles. The van der Waals surface area contributed by atoms with Gasteiger partial charge in [-0.05, 0) is 30.3 Å². The predicted octanol–water partition coefficient (Wildman–Crippen LogP) is 4.21. The fourth-order valence-corrected chi connectivity index (χ4v) is 3.50. The standard InChI is InChI=1S/C21H20ClN3O3.C2H6/c22-16-6-7-18-19(12-16)25(17-4-2-1-3-5-17)14-15(20(18)26)13-23-21(27)24-8-10-28-11-9-24;1-2/h1-7,12,14H,8-11,13H2,(H,23,27);1-2H3. The molecule has 0 atom stereocenters. The van der Waals surface area contributed by atoms with Gasteiger partial charge >= 0.3 is 6.03 Å². The molecule has 0 aliphatic carbocycles. The van der Waals surface area contributed by atoms with Crippen LogP contribution in [0.2, 0.25) is 5.02 Å². The van der Waals surface area contributed by atoms with E-state index in [0.29, 0.717) is 42.3 Å². The molecular weight excluding hydrogens is 402 g/mol. The van der Waals surface area contributed by atoms with Gasteiger partial charge in [0.25, 0.3) is 0 Å². The van der Waals surface area contributed by atoms with E-state index in [1.54, 1.807) is 29.3 Å². The lowest BCUT2D eigenvalue weighted by Gasteiger charge is -2.27. The van der Waals surface area contributed by atoms with E-state index in [1.165, 1.54) is 0 Å². The van der Waals surface area contributed by atoms with E-state index in [-0.39, 0.29) is 18.0 Å². The van der Waals surface area contributed by atoms with Crippen LogP contribution in [0, 0.1) is 0 Å². The molecule has 30 heavy (non-hydrogen) atoms. The summed E-state index contributed by atoms with van der Waals surface area (Å²) < 4.78 is 7.20. The predicted molar refractivity (Wildman–Crippen MR) is 121 cm³/mol. The Bertz CT molecular complexity index is 1060. The molecular formula is C23H26ClN3O3. The van der Waals surface area contributed by atoms with E-state index in [1.807, 2.05) is 48.7 Å². The SMILES string of the molecule is CC.O=C(NCc1cn(-c2ccccc2)c2cc(Cl)ccc2c1=O)N1CCOCC1. The van der Waals surface area contributed by atoms with E-state index < -0.39 is 0 Å². The number of halogens is 1. The van der Waals surface area contributed by atoms with Crippen molar-refractivity contribution in [3.63, 3.8) is 0 Å². The van der Waals surface area contributed by atoms with Crippen molar-refractivity contribution in [1.82, 2.24) is 14.8 Å². The highest BCUT2D eigenvalue weighted by atomic mass is 35.5. The largest absolute Gasteiger partial charge is 0.378 e. The Morgan fingerprint density at radius 1 is 1.10 bits per heavy atom. The summed E-state index contributed by atoms with van der Waals surface area (Å²) in [4.78, 5) is 27.0. The number of ether oxygens (including phenoxy) is 1. The molecule has 0 radical (unpaired) electrons. The molecule has 0 saturated carbocycles. The molecule has 1 aromatic heterocycles. The molecule has 1 N–H and O–H groups in total. The molecule has 1 aliphatic rings. The van der Waals surface area contributed by atoms with E-state index in [9.17, 15) is 9.59 Å². The van der Waals surface area contributed by atoms with Gasteiger partial charge in [-0.15, -0.1) is 0 Å². The molecule has 2 aromatic carbocycles. The summed E-state index contributed by atoms with van der Waals surface area (Å²) in [6, 6.07) is 14.7. The third-order valence-corrected chi connectivity index (χ3v) is 5.04. The second-order valence-corrected chi connectivity index (χ2v) is 7.05. The normalized spacial score (nSPS) is 13.5. The second-order valence-electron chi connectivity index (χ2n) is 6.61. The minimum Gasteiger partial charge on any atom is -0.378 e. The number of amides is 2.